The van der Waals surface area contributed by atoms with Crippen LogP contribution in [0.3, 0.4) is 0 Å². The first-order chi connectivity index (χ1) is 8.79. The van der Waals surface area contributed by atoms with Crippen molar-refractivity contribution in [1.82, 2.24) is 14.8 Å². The summed E-state index contributed by atoms with van der Waals surface area (Å²) in [5.74, 6) is 0.986. The highest BCUT2D eigenvalue weighted by Crippen LogP contribution is 2.37. The largest absolute Gasteiger partial charge is 0.250 e. The Hall–Kier alpha value is -1.37. The maximum Gasteiger partial charge on any atom is 0.138 e. The minimum atomic E-state index is -0.199. The van der Waals surface area contributed by atoms with Gasteiger partial charge in [-0.1, -0.05) is 32.6 Å². The number of hydrogen-bond acceptors (Lipinski definition) is 3. The normalized spacial score (nSPS) is 19.1. The van der Waals surface area contributed by atoms with Crippen LogP contribution in [-0.2, 0) is 13.0 Å². The van der Waals surface area contributed by atoms with Crippen LogP contribution in [0.25, 0.3) is 0 Å². The van der Waals surface area contributed by atoms with E-state index in [1.54, 1.807) is 6.33 Å². The van der Waals surface area contributed by atoms with E-state index in [1.807, 2.05) is 4.68 Å². The first-order valence-electron chi connectivity index (χ1n) is 7.07. The van der Waals surface area contributed by atoms with Gasteiger partial charge >= 0.3 is 0 Å². The molecule has 0 atom stereocenters. The molecule has 0 aliphatic heterocycles. The van der Waals surface area contributed by atoms with Gasteiger partial charge in [-0.2, -0.15) is 10.4 Å². The summed E-state index contributed by atoms with van der Waals surface area (Å²) >= 11 is 0. The van der Waals surface area contributed by atoms with Crippen molar-refractivity contribution in [2.75, 3.05) is 0 Å². The first-order valence-corrected chi connectivity index (χ1v) is 7.07. The van der Waals surface area contributed by atoms with Crippen LogP contribution < -0.4 is 0 Å². The van der Waals surface area contributed by atoms with Crippen molar-refractivity contribution < 1.29 is 0 Å². The molecule has 1 fully saturated rings. The third-order valence-corrected chi connectivity index (χ3v) is 3.93. The molecule has 0 radical (unpaired) electrons. The molecule has 0 N–H and O–H groups in total. The molecule has 0 amide bonds. The van der Waals surface area contributed by atoms with E-state index < -0.39 is 0 Å². The van der Waals surface area contributed by atoms with Gasteiger partial charge in [-0.15, -0.1) is 0 Å². The van der Waals surface area contributed by atoms with Crippen LogP contribution in [0.1, 0.15) is 57.7 Å². The second-order valence-electron chi connectivity index (χ2n) is 5.38. The molecule has 0 unspecified atom stereocenters. The lowest BCUT2D eigenvalue weighted by Gasteiger charge is -2.24. The zero-order valence-electron chi connectivity index (χ0n) is 11.2. The Morgan fingerprint density at radius 1 is 1.33 bits per heavy atom. The summed E-state index contributed by atoms with van der Waals surface area (Å²) < 4.78 is 1.96. The number of nitrogens with zero attached hydrogens (tertiary/aromatic N) is 4. The Morgan fingerprint density at radius 2 is 2.06 bits per heavy atom. The molecule has 1 aliphatic carbocycles. The number of aryl methyl sites for hydroxylation is 1. The average Bonchev–Trinajstić information content (AvgIpc) is 2.67. The lowest BCUT2D eigenvalue weighted by atomic mass is 9.78. The van der Waals surface area contributed by atoms with Gasteiger partial charge in [-0.05, 0) is 19.3 Å². The fraction of sp³-hybridized carbons (Fsp3) is 0.786. The van der Waals surface area contributed by atoms with Gasteiger partial charge in [0, 0.05) is 13.0 Å². The zero-order chi connectivity index (χ0) is 12.8. The molecule has 0 aromatic carbocycles. The van der Waals surface area contributed by atoms with Crippen molar-refractivity contribution in [2.24, 2.45) is 5.41 Å². The Kier molecular flexibility index (Phi) is 4.35. The van der Waals surface area contributed by atoms with Crippen molar-refractivity contribution in [1.29, 1.82) is 5.26 Å². The van der Waals surface area contributed by atoms with Gasteiger partial charge in [0.2, 0.25) is 0 Å². The van der Waals surface area contributed by atoms with E-state index in [4.69, 9.17) is 0 Å². The van der Waals surface area contributed by atoms with Gasteiger partial charge in [0.1, 0.15) is 12.2 Å². The average molecular weight is 246 g/mol. The third-order valence-electron chi connectivity index (χ3n) is 3.93. The molecule has 4 heteroatoms. The van der Waals surface area contributed by atoms with E-state index in [0.29, 0.717) is 0 Å². The van der Waals surface area contributed by atoms with Gasteiger partial charge in [-0.25, -0.2) is 4.98 Å². The fourth-order valence-electron chi connectivity index (χ4n) is 2.86. The van der Waals surface area contributed by atoms with Gasteiger partial charge in [0.15, 0.2) is 0 Å². The maximum atomic E-state index is 9.58. The molecular weight excluding hydrogens is 224 g/mol. The van der Waals surface area contributed by atoms with Gasteiger partial charge in [0.05, 0.1) is 11.5 Å². The predicted molar refractivity (Wildman–Crippen MR) is 69.8 cm³/mol. The van der Waals surface area contributed by atoms with Gasteiger partial charge in [0.25, 0.3) is 0 Å². The maximum absolute atomic E-state index is 9.58. The van der Waals surface area contributed by atoms with Crippen molar-refractivity contribution in [3.05, 3.63) is 12.2 Å². The Labute approximate surface area is 109 Å². The lowest BCUT2D eigenvalue weighted by Crippen LogP contribution is -2.23. The smallest absolute Gasteiger partial charge is 0.138 e. The second-order valence-corrected chi connectivity index (χ2v) is 5.38. The van der Waals surface area contributed by atoms with E-state index in [-0.39, 0.29) is 5.41 Å². The summed E-state index contributed by atoms with van der Waals surface area (Å²) in [4.78, 5) is 4.35. The Bertz CT molecular complexity index is 408. The minimum absolute atomic E-state index is 0.199. The molecule has 4 nitrogen and oxygen atoms in total. The lowest BCUT2D eigenvalue weighted by molar-refractivity contribution is 0.324. The first kappa shape index (κ1) is 13.1. The highest BCUT2D eigenvalue weighted by molar-refractivity contribution is 5.06. The fourth-order valence-corrected chi connectivity index (χ4v) is 2.86. The van der Waals surface area contributed by atoms with Crippen LogP contribution in [0.5, 0.6) is 0 Å². The molecular formula is C14H22N4. The summed E-state index contributed by atoms with van der Waals surface area (Å²) in [6, 6.07) is 2.58. The van der Waals surface area contributed by atoms with Crippen LogP contribution in [0.2, 0.25) is 0 Å². The zero-order valence-corrected chi connectivity index (χ0v) is 11.2. The Balaban J connectivity index is 2.13. The standard InChI is InChI=1S/C14H22N4/c1-2-9-18-13(16-12-17-18)10-14(11-15)7-5-3-4-6-8-14/h12H,2-10H2,1H3. The predicted octanol–water partition coefficient (Wildman–Crippen LogP) is 3.09. The van der Waals surface area contributed by atoms with Crippen molar-refractivity contribution >= 4 is 0 Å². The van der Waals surface area contributed by atoms with E-state index in [2.05, 4.69) is 23.1 Å². The minimum Gasteiger partial charge on any atom is -0.250 e. The second kappa shape index (κ2) is 5.99. The van der Waals surface area contributed by atoms with Crippen LogP contribution >= 0.6 is 0 Å². The highest BCUT2D eigenvalue weighted by atomic mass is 15.3. The molecule has 1 saturated carbocycles. The number of aromatic nitrogens is 3. The van der Waals surface area contributed by atoms with Crippen molar-refractivity contribution in [3.8, 4) is 6.07 Å². The molecule has 98 valence electrons. The summed E-state index contributed by atoms with van der Waals surface area (Å²) in [6.45, 7) is 3.04. The van der Waals surface area contributed by atoms with E-state index in [9.17, 15) is 5.26 Å². The van der Waals surface area contributed by atoms with Gasteiger partial charge in [-0.3, -0.25) is 4.68 Å². The quantitative estimate of drug-likeness (QED) is 0.767. The topological polar surface area (TPSA) is 54.5 Å². The van der Waals surface area contributed by atoms with E-state index in [1.165, 1.54) is 25.7 Å². The number of hydrogen-bond donors (Lipinski definition) is 0. The molecule has 1 aromatic rings. The van der Waals surface area contributed by atoms with Crippen molar-refractivity contribution in [3.63, 3.8) is 0 Å². The molecule has 1 aromatic heterocycles. The SMILES string of the molecule is CCCn1ncnc1CC1(C#N)CCCCCC1. The van der Waals surface area contributed by atoms with E-state index >= 15 is 0 Å². The molecule has 2 rings (SSSR count). The van der Waals surface area contributed by atoms with Crippen LogP contribution in [0.15, 0.2) is 6.33 Å². The summed E-state index contributed by atoms with van der Waals surface area (Å²) in [5.41, 5.74) is -0.199. The van der Waals surface area contributed by atoms with Crippen LogP contribution in [-0.4, -0.2) is 14.8 Å². The molecule has 0 bridgehead atoms. The Morgan fingerprint density at radius 3 is 2.67 bits per heavy atom. The molecule has 0 saturated heterocycles. The number of rotatable bonds is 4. The summed E-state index contributed by atoms with van der Waals surface area (Å²) in [7, 11) is 0. The number of nitriles is 1. The molecule has 1 heterocycles. The van der Waals surface area contributed by atoms with E-state index in [0.717, 1.165) is 38.1 Å². The molecule has 0 spiro atoms. The van der Waals surface area contributed by atoms with Gasteiger partial charge < -0.3 is 0 Å². The summed E-state index contributed by atoms with van der Waals surface area (Å²) in [6.07, 6.45) is 10.4. The van der Waals surface area contributed by atoms with Crippen molar-refractivity contribution in [2.45, 2.75) is 64.8 Å². The van der Waals surface area contributed by atoms with Crippen LogP contribution in [0.4, 0.5) is 0 Å². The highest BCUT2D eigenvalue weighted by Gasteiger charge is 2.32. The third kappa shape index (κ3) is 2.90. The van der Waals surface area contributed by atoms with Crippen LogP contribution in [0, 0.1) is 16.7 Å². The molecule has 18 heavy (non-hydrogen) atoms. The summed E-state index contributed by atoms with van der Waals surface area (Å²) in [5, 5.41) is 13.8. The monoisotopic (exact) mass is 246 g/mol. The molecule has 1 aliphatic rings.